The summed E-state index contributed by atoms with van der Waals surface area (Å²) >= 11 is 1.65. The summed E-state index contributed by atoms with van der Waals surface area (Å²) in [5.41, 5.74) is 0.904. The third-order valence-corrected chi connectivity index (χ3v) is 5.43. The van der Waals surface area contributed by atoms with Crippen LogP contribution in [-0.4, -0.2) is 9.38 Å². The van der Waals surface area contributed by atoms with Gasteiger partial charge in [0.1, 0.15) is 0 Å². The van der Waals surface area contributed by atoms with Gasteiger partial charge in [-0.1, -0.05) is 19.8 Å². The molecule has 106 valence electrons. The Morgan fingerprint density at radius 2 is 2.30 bits per heavy atom. The molecule has 3 nitrogen and oxygen atoms in total. The van der Waals surface area contributed by atoms with Crippen LogP contribution in [0.1, 0.15) is 51.1 Å². The zero-order valence-electron chi connectivity index (χ0n) is 12.0. The van der Waals surface area contributed by atoms with Gasteiger partial charge in [0.15, 0.2) is 4.96 Å². The van der Waals surface area contributed by atoms with E-state index in [1.807, 2.05) is 11.6 Å². The highest BCUT2D eigenvalue weighted by Gasteiger charge is 2.36. The van der Waals surface area contributed by atoms with Crippen LogP contribution >= 0.6 is 11.3 Å². The van der Waals surface area contributed by atoms with Crippen LogP contribution in [0.4, 0.5) is 0 Å². The fourth-order valence-electron chi connectivity index (χ4n) is 3.46. The van der Waals surface area contributed by atoms with Gasteiger partial charge < -0.3 is 0 Å². The van der Waals surface area contributed by atoms with Crippen molar-refractivity contribution >= 4 is 16.3 Å². The highest BCUT2D eigenvalue weighted by atomic mass is 32.1. The van der Waals surface area contributed by atoms with Crippen molar-refractivity contribution in [1.82, 2.24) is 9.38 Å². The van der Waals surface area contributed by atoms with Gasteiger partial charge in [0.2, 0.25) is 0 Å². The monoisotopic (exact) mass is 287 g/mol. The summed E-state index contributed by atoms with van der Waals surface area (Å²) in [6.07, 6.45) is 12.0. The van der Waals surface area contributed by atoms with Crippen molar-refractivity contribution in [2.75, 3.05) is 0 Å². The second-order valence-electron chi connectivity index (χ2n) is 6.13. The van der Waals surface area contributed by atoms with Gasteiger partial charge in [0.05, 0.1) is 17.2 Å². The number of rotatable bonds is 4. The maximum atomic E-state index is 9.66. The molecule has 4 heteroatoms. The van der Waals surface area contributed by atoms with Crippen LogP contribution in [0.2, 0.25) is 0 Å². The fraction of sp³-hybridized carbons (Fsp3) is 0.625. The third kappa shape index (κ3) is 2.60. The molecular formula is C16H21N3S. The maximum Gasteiger partial charge on any atom is 0.193 e. The summed E-state index contributed by atoms with van der Waals surface area (Å²) in [5, 5.41) is 11.7. The molecule has 0 N–H and O–H groups in total. The molecule has 0 spiro atoms. The molecule has 20 heavy (non-hydrogen) atoms. The summed E-state index contributed by atoms with van der Waals surface area (Å²) in [7, 11) is 0. The van der Waals surface area contributed by atoms with Crippen molar-refractivity contribution in [3.8, 4) is 6.07 Å². The zero-order chi connectivity index (χ0) is 14.0. The molecule has 1 aliphatic carbocycles. The number of aromatic nitrogens is 2. The van der Waals surface area contributed by atoms with Gasteiger partial charge in [0.25, 0.3) is 0 Å². The molecule has 0 amide bonds. The van der Waals surface area contributed by atoms with E-state index in [4.69, 9.17) is 0 Å². The quantitative estimate of drug-likeness (QED) is 0.834. The highest BCUT2D eigenvalue weighted by Crippen LogP contribution is 2.42. The molecule has 0 atom stereocenters. The lowest BCUT2D eigenvalue weighted by atomic mass is 9.68. The average molecular weight is 287 g/mol. The van der Waals surface area contributed by atoms with Crippen LogP contribution in [0.3, 0.4) is 0 Å². The molecule has 2 heterocycles. The van der Waals surface area contributed by atoms with Crippen LogP contribution in [-0.2, 0) is 6.42 Å². The lowest BCUT2D eigenvalue weighted by molar-refractivity contribution is 0.199. The molecule has 0 bridgehead atoms. The number of thiazole rings is 1. The molecule has 2 aromatic rings. The summed E-state index contributed by atoms with van der Waals surface area (Å²) in [5.74, 6) is 0.840. The second kappa shape index (κ2) is 5.57. The number of hydrogen-bond acceptors (Lipinski definition) is 3. The molecule has 0 unspecified atom stereocenters. The Morgan fingerprint density at radius 1 is 1.50 bits per heavy atom. The van der Waals surface area contributed by atoms with Crippen molar-refractivity contribution in [2.45, 2.75) is 51.9 Å². The molecular weight excluding hydrogens is 266 g/mol. The topological polar surface area (TPSA) is 41.1 Å². The van der Waals surface area contributed by atoms with Gasteiger partial charge >= 0.3 is 0 Å². The van der Waals surface area contributed by atoms with E-state index in [0.717, 1.165) is 35.8 Å². The molecule has 0 aromatic carbocycles. The Labute approximate surface area is 124 Å². The van der Waals surface area contributed by atoms with Crippen LogP contribution < -0.4 is 0 Å². The first kappa shape index (κ1) is 13.6. The first-order valence-corrected chi connectivity index (χ1v) is 8.45. The lowest BCUT2D eigenvalue weighted by Gasteiger charge is -2.34. The van der Waals surface area contributed by atoms with Gasteiger partial charge in [-0.05, 0) is 31.6 Å². The van der Waals surface area contributed by atoms with E-state index in [1.54, 1.807) is 11.3 Å². The molecule has 3 rings (SSSR count). The van der Waals surface area contributed by atoms with E-state index in [-0.39, 0.29) is 5.41 Å². The van der Waals surface area contributed by atoms with Crippen LogP contribution in [0.15, 0.2) is 17.8 Å². The van der Waals surface area contributed by atoms with E-state index in [2.05, 4.69) is 28.6 Å². The molecule has 2 aromatic heterocycles. The van der Waals surface area contributed by atoms with Crippen molar-refractivity contribution in [3.63, 3.8) is 0 Å². The summed E-state index contributed by atoms with van der Waals surface area (Å²) in [6.45, 7) is 2.25. The van der Waals surface area contributed by atoms with Crippen molar-refractivity contribution in [1.29, 1.82) is 5.26 Å². The van der Waals surface area contributed by atoms with Crippen molar-refractivity contribution in [3.05, 3.63) is 23.5 Å². The van der Waals surface area contributed by atoms with Gasteiger partial charge in [-0.3, -0.25) is 4.40 Å². The smallest absolute Gasteiger partial charge is 0.193 e. The molecule has 0 saturated heterocycles. The average Bonchev–Trinajstić information content (AvgIpc) is 3.02. The van der Waals surface area contributed by atoms with Crippen LogP contribution in [0.5, 0.6) is 0 Å². The van der Waals surface area contributed by atoms with Gasteiger partial charge in [0, 0.05) is 24.2 Å². The van der Waals surface area contributed by atoms with Crippen LogP contribution in [0, 0.1) is 22.7 Å². The Balaban J connectivity index is 1.71. The van der Waals surface area contributed by atoms with Crippen molar-refractivity contribution < 1.29 is 0 Å². The molecule has 1 fully saturated rings. The predicted molar refractivity (Wildman–Crippen MR) is 81.7 cm³/mol. The van der Waals surface area contributed by atoms with E-state index in [9.17, 15) is 5.26 Å². The predicted octanol–water partition coefficient (Wildman–Crippen LogP) is 4.44. The molecule has 1 saturated carbocycles. The number of nitrogens with zero attached hydrogens (tertiary/aromatic N) is 3. The maximum absolute atomic E-state index is 9.66. The Hall–Kier alpha value is -1.34. The normalized spacial score (nSPS) is 26.7. The number of imidazole rings is 1. The Bertz CT molecular complexity index is 582. The van der Waals surface area contributed by atoms with E-state index < -0.39 is 0 Å². The number of hydrogen-bond donors (Lipinski definition) is 0. The number of fused-ring (bicyclic) bond motifs is 1. The number of nitriles is 1. The zero-order valence-corrected chi connectivity index (χ0v) is 12.8. The highest BCUT2D eigenvalue weighted by molar-refractivity contribution is 7.15. The Morgan fingerprint density at radius 3 is 2.95 bits per heavy atom. The molecule has 0 aliphatic heterocycles. The van der Waals surface area contributed by atoms with Crippen molar-refractivity contribution in [2.24, 2.45) is 11.3 Å². The van der Waals surface area contributed by atoms with E-state index >= 15 is 0 Å². The summed E-state index contributed by atoms with van der Waals surface area (Å²) in [6, 6.07) is 2.62. The van der Waals surface area contributed by atoms with E-state index in [0.29, 0.717) is 0 Å². The minimum atomic E-state index is -0.172. The largest absolute Gasteiger partial charge is 0.297 e. The van der Waals surface area contributed by atoms with Crippen LogP contribution in [0.25, 0.3) is 4.96 Å². The fourth-order valence-corrected chi connectivity index (χ4v) is 4.18. The second-order valence-corrected chi connectivity index (χ2v) is 7.00. The lowest BCUT2D eigenvalue weighted by Crippen LogP contribution is -2.28. The Kier molecular flexibility index (Phi) is 3.80. The minimum Gasteiger partial charge on any atom is -0.297 e. The first-order chi connectivity index (χ1) is 9.74. The van der Waals surface area contributed by atoms with Gasteiger partial charge in [-0.2, -0.15) is 5.26 Å². The summed E-state index contributed by atoms with van der Waals surface area (Å²) < 4.78 is 2.06. The summed E-state index contributed by atoms with van der Waals surface area (Å²) in [4.78, 5) is 5.68. The first-order valence-electron chi connectivity index (χ1n) is 7.57. The van der Waals surface area contributed by atoms with E-state index in [1.165, 1.54) is 25.7 Å². The standard InChI is InChI=1S/C16H21N3S/c1-2-3-13-4-6-16(12-17,7-5-13)10-14-11-19-8-9-20-15(19)18-14/h8-9,11,13H,2-7,10H2,1H3. The third-order valence-electron chi connectivity index (χ3n) is 4.66. The molecule has 1 aliphatic rings. The SMILES string of the molecule is CCCC1CCC(C#N)(Cc2cn3ccsc3n2)CC1. The minimum absolute atomic E-state index is 0.172. The van der Waals surface area contributed by atoms with Gasteiger partial charge in [-0.25, -0.2) is 4.98 Å². The molecule has 0 radical (unpaired) electrons. The van der Waals surface area contributed by atoms with Gasteiger partial charge in [-0.15, -0.1) is 11.3 Å².